The molecule has 0 unspecified atom stereocenters. The van der Waals surface area contributed by atoms with E-state index >= 15 is 0 Å². The van der Waals surface area contributed by atoms with Crippen molar-refractivity contribution in [2.24, 2.45) is 11.7 Å². The van der Waals surface area contributed by atoms with Crippen LogP contribution in [0.1, 0.15) is 25.8 Å². The molecule has 0 spiro atoms. The molecular formula is C14H20BrFN2OS. The van der Waals surface area contributed by atoms with Crippen LogP contribution in [-0.2, 0) is 4.74 Å². The maximum absolute atomic E-state index is 14.0. The highest BCUT2D eigenvalue weighted by atomic mass is 79.9. The summed E-state index contributed by atoms with van der Waals surface area (Å²) in [4.78, 5) is 0.166. The van der Waals surface area contributed by atoms with E-state index in [0.29, 0.717) is 30.3 Å². The van der Waals surface area contributed by atoms with Crippen LogP contribution < -0.4 is 11.1 Å². The normalized spacial score (nSPS) is 10.8. The standard InChI is InChI=1S/C14H20BrFN2OS/c1-9(2)5-7-19-8-6-18-11-4-3-10(14(17)20)12(15)13(11)16/h3-4,9,18H,5-8H2,1-2H3,(H2,17,20). The number of nitrogens with two attached hydrogens (primary N) is 1. The fourth-order valence-corrected chi connectivity index (χ4v) is 2.42. The van der Waals surface area contributed by atoms with Crippen molar-refractivity contribution in [3.63, 3.8) is 0 Å². The number of rotatable bonds is 8. The molecule has 1 aromatic carbocycles. The average molecular weight is 363 g/mol. The summed E-state index contributed by atoms with van der Waals surface area (Å²) in [5.41, 5.74) is 6.41. The highest BCUT2D eigenvalue weighted by molar-refractivity contribution is 9.10. The Labute approximate surface area is 133 Å². The van der Waals surface area contributed by atoms with Gasteiger partial charge in [0.2, 0.25) is 0 Å². The molecule has 0 radical (unpaired) electrons. The third kappa shape index (κ3) is 5.34. The van der Waals surface area contributed by atoms with E-state index in [1.165, 1.54) is 0 Å². The topological polar surface area (TPSA) is 47.3 Å². The molecule has 0 bridgehead atoms. The summed E-state index contributed by atoms with van der Waals surface area (Å²) in [5.74, 6) is 0.237. The number of anilines is 1. The maximum Gasteiger partial charge on any atom is 0.161 e. The Morgan fingerprint density at radius 1 is 1.45 bits per heavy atom. The summed E-state index contributed by atoms with van der Waals surface area (Å²) in [7, 11) is 0. The highest BCUT2D eigenvalue weighted by Crippen LogP contribution is 2.26. The molecule has 0 saturated heterocycles. The van der Waals surface area contributed by atoms with Gasteiger partial charge < -0.3 is 15.8 Å². The van der Waals surface area contributed by atoms with Crippen molar-refractivity contribution in [1.29, 1.82) is 0 Å². The number of hydrogen-bond donors (Lipinski definition) is 2. The number of thiocarbonyl (C=S) groups is 1. The van der Waals surface area contributed by atoms with Crippen LogP contribution in [0.2, 0.25) is 0 Å². The summed E-state index contributed by atoms with van der Waals surface area (Å²) in [6, 6.07) is 3.32. The minimum absolute atomic E-state index is 0.166. The van der Waals surface area contributed by atoms with Crippen molar-refractivity contribution in [2.45, 2.75) is 20.3 Å². The predicted molar refractivity (Wildman–Crippen MR) is 88.8 cm³/mol. The molecule has 0 aliphatic rings. The van der Waals surface area contributed by atoms with Gasteiger partial charge in [-0.1, -0.05) is 26.1 Å². The molecule has 3 N–H and O–H groups in total. The Bertz CT molecular complexity index is 469. The van der Waals surface area contributed by atoms with Gasteiger partial charge >= 0.3 is 0 Å². The molecule has 20 heavy (non-hydrogen) atoms. The lowest BCUT2D eigenvalue weighted by Gasteiger charge is -2.11. The minimum Gasteiger partial charge on any atom is -0.389 e. The smallest absolute Gasteiger partial charge is 0.161 e. The molecule has 0 atom stereocenters. The van der Waals surface area contributed by atoms with Crippen LogP contribution >= 0.6 is 28.1 Å². The first-order valence-electron chi connectivity index (χ1n) is 6.53. The Hall–Kier alpha value is -0.720. The SMILES string of the molecule is CC(C)CCOCCNc1ccc(C(N)=S)c(Br)c1F. The molecule has 0 saturated carbocycles. The fourth-order valence-electron chi connectivity index (χ4n) is 1.56. The van der Waals surface area contributed by atoms with E-state index in [-0.39, 0.29) is 9.46 Å². The Morgan fingerprint density at radius 2 is 2.15 bits per heavy atom. The second-order valence-corrected chi connectivity index (χ2v) is 6.11. The van der Waals surface area contributed by atoms with Crippen LogP contribution in [0, 0.1) is 11.7 Å². The van der Waals surface area contributed by atoms with Crippen LogP contribution in [0.25, 0.3) is 0 Å². The quantitative estimate of drug-likeness (QED) is 0.546. The average Bonchev–Trinajstić information content (AvgIpc) is 2.37. The molecule has 3 nitrogen and oxygen atoms in total. The lowest BCUT2D eigenvalue weighted by Crippen LogP contribution is -2.14. The summed E-state index contributed by atoms with van der Waals surface area (Å²) >= 11 is 8.02. The molecule has 0 heterocycles. The van der Waals surface area contributed by atoms with Crippen LogP contribution in [0.5, 0.6) is 0 Å². The van der Waals surface area contributed by atoms with Gasteiger partial charge in [-0.2, -0.15) is 0 Å². The van der Waals surface area contributed by atoms with Gasteiger partial charge in [0.15, 0.2) is 5.82 Å². The van der Waals surface area contributed by atoms with Crippen LogP contribution in [0.3, 0.4) is 0 Å². The van der Waals surface area contributed by atoms with Gasteiger partial charge in [-0.15, -0.1) is 0 Å². The zero-order valence-electron chi connectivity index (χ0n) is 11.7. The molecule has 0 aromatic heterocycles. The molecular weight excluding hydrogens is 343 g/mol. The zero-order chi connectivity index (χ0) is 15.1. The number of nitrogens with one attached hydrogen (secondary N) is 1. The van der Waals surface area contributed by atoms with Gasteiger partial charge in [-0.3, -0.25) is 0 Å². The first kappa shape index (κ1) is 17.3. The summed E-state index contributed by atoms with van der Waals surface area (Å²) in [6.45, 7) is 6.12. The van der Waals surface area contributed by atoms with E-state index in [0.717, 1.165) is 13.0 Å². The third-order valence-electron chi connectivity index (χ3n) is 2.75. The van der Waals surface area contributed by atoms with E-state index in [9.17, 15) is 4.39 Å². The molecule has 0 aliphatic heterocycles. The largest absolute Gasteiger partial charge is 0.389 e. The van der Waals surface area contributed by atoms with Crippen molar-refractivity contribution < 1.29 is 9.13 Å². The molecule has 1 aromatic rings. The fraction of sp³-hybridized carbons (Fsp3) is 0.500. The monoisotopic (exact) mass is 362 g/mol. The summed E-state index contributed by atoms with van der Waals surface area (Å²) in [6.07, 6.45) is 1.03. The predicted octanol–water partition coefficient (Wildman–Crippen LogP) is 3.70. The molecule has 112 valence electrons. The Balaban J connectivity index is 2.45. The molecule has 6 heteroatoms. The summed E-state index contributed by atoms with van der Waals surface area (Å²) in [5, 5.41) is 2.99. The van der Waals surface area contributed by atoms with Crippen LogP contribution in [0.15, 0.2) is 16.6 Å². The van der Waals surface area contributed by atoms with Crippen molar-refractivity contribution in [2.75, 3.05) is 25.1 Å². The second kappa shape index (κ2) is 8.54. The van der Waals surface area contributed by atoms with Crippen molar-refractivity contribution in [1.82, 2.24) is 0 Å². The van der Waals surface area contributed by atoms with E-state index in [1.807, 2.05) is 0 Å². The molecule has 0 amide bonds. The van der Waals surface area contributed by atoms with E-state index < -0.39 is 5.82 Å². The first-order chi connectivity index (χ1) is 9.43. The van der Waals surface area contributed by atoms with Crippen LogP contribution in [-0.4, -0.2) is 24.7 Å². The molecule has 0 aliphatic carbocycles. The van der Waals surface area contributed by atoms with Crippen molar-refractivity contribution >= 4 is 38.8 Å². The second-order valence-electron chi connectivity index (χ2n) is 4.87. The van der Waals surface area contributed by atoms with Gasteiger partial charge in [0.25, 0.3) is 0 Å². The zero-order valence-corrected chi connectivity index (χ0v) is 14.1. The minimum atomic E-state index is -0.391. The number of ether oxygens (including phenoxy) is 1. The number of benzene rings is 1. The van der Waals surface area contributed by atoms with Crippen molar-refractivity contribution in [3.05, 3.63) is 28.0 Å². The van der Waals surface area contributed by atoms with E-state index in [1.54, 1.807) is 12.1 Å². The van der Waals surface area contributed by atoms with Gasteiger partial charge in [0, 0.05) is 18.7 Å². The van der Waals surface area contributed by atoms with E-state index in [4.69, 9.17) is 22.7 Å². The highest BCUT2D eigenvalue weighted by Gasteiger charge is 2.12. The lowest BCUT2D eigenvalue weighted by atomic mass is 10.1. The third-order valence-corrected chi connectivity index (χ3v) is 3.74. The Kier molecular flexibility index (Phi) is 7.40. The van der Waals surface area contributed by atoms with E-state index in [2.05, 4.69) is 35.1 Å². The van der Waals surface area contributed by atoms with Gasteiger partial charge in [-0.05, 0) is 40.4 Å². The Morgan fingerprint density at radius 3 is 2.75 bits per heavy atom. The number of hydrogen-bond acceptors (Lipinski definition) is 3. The van der Waals surface area contributed by atoms with Gasteiger partial charge in [-0.25, -0.2) is 4.39 Å². The maximum atomic E-state index is 14.0. The van der Waals surface area contributed by atoms with Gasteiger partial charge in [0.1, 0.15) is 4.99 Å². The molecule has 1 rings (SSSR count). The van der Waals surface area contributed by atoms with Crippen LogP contribution in [0.4, 0.5) is 10.1 Å². The van der Waals surface area contributed by atoms with Gasteiger partial charge in [0.05, 0.1) is 16.8 Å². The van der Waals surface area contributed by atoms with Crippen molar-refractivity contribution in [3.8, 4) is 0 Å². The summed E-state index contributed by atoms with van der Waals surface area (Å²) < 4.78 is 19.8. The first-order valence-corrected chi connectivity index (χ1v) is 7.73. The lowest BCUT2D eigenvalue weighted by molar-refractivity contribution is 0.132. The number of halogens is 2. The molecule has 0 fully saturated rings.